The predicted molar refractivity (Wildman–Crippen MR) is 78.5 cm³/mol. The van der Waals surface area contributed by atoms with Gasteiger partial charge >= 0.3 is 0 Å². The van der Waals surface area contributed by atoms with Crippen molar-refractivity contribution in [2.45, 2.75) is 57.9 Å². The fourth-order valence-corrected chi connectivity index (χ4v) is 2.38. The number of aromatic nitrogens is 1. The number of alkyl halides is 1. The molecule has 1 aliphatic rings. The van der Waals surface area contributed by atoms with Gasteiger partial charge in [-0.2, -0.15) is 0 Å². The third kappa shape index (κ3) is 3.17. The van der Waals surface area contributed by atoms with Crippen molar-refractivity contribution in [3.05, 3.63) is 23.4 Å². The van der Waals surface area contributed by atoms with Crippen LogP contribution in [0.2, 0.25) is 0 Å². The number of anilines is 1. The molecule has 0 atom stereocenters. The zero-order chi connectivity index (χ0) is 13.1. The van der Waals surface area contributed by atoms with E-state index in [0.29, 0.717) is 17.8 Å². The van der Waals surface area contributed by atoms with Gasteiger partial charge in [0.05, 0.1) is 0 Å². The van der Waals surface area contributed by atoms with E-state index < -0.39 is 0 Å². The molecule has 2 nitrogen and oxygen atoms in total. The Balaban J connectivity index is 2.31. The summed E-state index contributed by atoms with van der Waals surface area (Å²) in [6, 6.07) is 5.01. The number of nitrogens with zero attached hydrogens (tertiary/aromatic N) is 2. The molecule has 0 radical (unpaired) electrons. The highest BCUT2D eigenvalue weighted by Crippen LogP contribution is 2.32. The maximum absolute atomic E-state index is 6.01. The van der Waals surface area contributed by atoms with Crippen molar-refractivity contribution in [1.82, 2.24) is 4.98 Å². The van der Waals surface area contributed by atoms with Crippen LogP contribution >= 0.6 is 11.6 Å². The van der Waals surface area contributed by atoms with Gasteiger partial charge in [-0.1, -0.05) is 20.8 Å². The van der Waals surface area contributed by atoms with Gasteiger partial charge in [-0.3, -0.25) is 0 Å². The Morgan fingerprint density at radius 2 is 2.11 bits per heavy atom. The Kier molecular flexibility index (Phi) is 4.50. The molecule has 0 spiro atoms. The van der Waals surface area contributed by atoms with Crippen molar-refractivity contribution in [3.63, 3.8) is 0 Å². The van der Waals surface area contributed by atoms with Gasteiger partial charge in [-0.05, 0) is 42.9 Å². The topological polar surface area (TPSA) is 16.1 Å². The highest BCUT2D eigenvalue weighted by Gasteiger charge is 2.29. The molecule has 0 N–H and O–H groups in total. The van der Waals surface area contributed by atoms with E-state index in [1.807, 2.05) is 0 Å². The fourth-order valence-electron chi connectivity index (χ4n) is 2.23. The van der Waals surface area contributed by atoms with E-state index >= 15 is 0 Å². The predicted octanol–water partition coefficient (Wildman–Crippen LogP) is 4.32. The molecule has 0 aromatic carbocycles. The Morgan fingerprint density at radius 3 is 2.61 bits per heavy atom. The normalized spacial score (nSPS) is 15.2. The van der Waals surface area contributed by atoms with Crippen LogP contribution in [0.4, 0.5) is 5.82 Å². The van der Waals surface area contributed by atoms with Gasteiger partial charge in [0.1, 0.15) is 5.82 Å². The van der Waals surface area contributed by atoms with Crippen LogP contribution in [0.3, 0.4) is 0 Å². The average molecular weight is 267 g/mol. The second-order valence-corrected chi connectivity index (χ2v) is 5.74. The molecule has 2 rings (SSSR count). The van der Waals surface area contributed by atoms with Crippen molar-refractivity contribution in [3.8, 4) is 0 Å². The van der Waals surface area contributed by atoms with Crippen LogP contribution in [0.15, 0.2) is 12.1 Å². The largest absolute Gasteiger partial charge is 0.354 e. The highest BCUT2D eigenvalue weighted by molar-refractivity contribution is 6.17. The summed E-state index contributed by atoms with van der Waals surface area (Å²) in [5.41, 5.74) is 2.34. The standard InChI is InChI=1S/C15H23ClN2/c1-4-7-18(13-5-6-13)15-9-12(10-16)8-14(17-15)11(2)3/h8-9,11,13H,4-7,10H2,1-3H3. The van der Waals surface area contributed by atoms with Crippen LogP contribution in [0.1, 0.15) is 57.2 Å². The number of pyridine rings is 1. The minimum absolute atomic E-state index is 0.453. The van der Waals surface area contributed by atoms with Gasteiger partial charge in [0, 0.05) is 24.2 Å². The number of hydrogen-bond acceptors (Lipinski definition) is 2. The lowest BCUT2D eigenvalue weighted by Gasteiger charge is -2.24. The zero-order valence-electron chi connectivity index (χ0n) is 11.6. The van der Waals surface area contributed by atoms with Crippen molar-refractivity contribution < 1.29 is 0 Å². The van der Waals surface area contributed by atoms with E-state index in [2.05, 4.69) is 37.8 Å². The first kappa shape index (κ1) is 13.7. The van der Waals surface area contributed by atoms with E-state index in [1.165, 1.54) is 24.8 Å². The summed E-state index contributed by atoms with van der Waals surface area (Å²) in [7, 11) is 0. The molecular formula is C15H23ClN2. The molecule has 0 amide bonds. The SMILES string of the molecule is CCCN(c1cc(CCl)cc(C(C)C)n1)C1CC1. The molecule has 18 heavy (non-hydrogen) atoms. The van der Waals surface area contributed by atoms with Crippen molar-refractivity contribution >= 4 is 17.4 Å². The molecule has 100 valence electrons. The van der Waals surface area contributed by atoms with E-state index in [1.54, 1.807) is 0 Å². The maximum Gasteiger partial charge on any atom is 0.129 e. The number of rotatable bonds is 6. The molecule has 0 saturated heterocycles. The molecule has 0 aliphatic heterocycles. The lowest BCUT2D eigenvalue weighted by Crippen LogP contribution is -2.27. The number of halogens is 1. The van der Waals surface area contributed by atoms with Crippen LogP contribution in [-0.4, -0.2) is 17.6 Å². The minimum Gasteiger partial charge on any atom is -0.354 e. The second kappa shape index (κ2) is 5.92. The molecule has 1 heterocycles. The Morgan fingerprint density at radius 1 is 1.39 bits per heavy atom. The Hall–Kier alpha value is -0.760. The summed E-state index contributed by atoms with van der Waals surface area (Å²) in [4.78, 5) is 7.29. The monoisotopic (exact) mass is 266 g/mol. The summed E-state index contributed by atoms with van der Waals surface area (Å²) in [6.07, 6.45) is 3.79. The summed E-state index contributed by atoms with van der Waals surface area (Å²) >= 11 is 6.01. The zero-order valence-corrected chi connectivity index (χ0v) is 12.4. The molecule has 1 aromatic rings. The van der Waals surface area contributed by atoms with E-state index in [-0.39, 0.29) is 0 Å². The maximum atomic E-state index is 6.01. The van der Waals surface area contributed by atoms with Gasteiger partial charge < -0.3 is 4.90 Å². The molecule has 1 aliphatic carbocycles. The lowest BCUT2D eigenvalue weighted by molar-refractivity contribution is 0.736. The van der Waals surface area contributed by atoms with Crippen LogP contribution in [0.5, 0.6) is 0 Å². The molecule has 1 fully saturated rings. The Labute approximate surface area is 115 Å². The summed E-state index contributed by atoms with van der Waals surface area (Å²) in [6.45, 7) is 7.70. The van der Waals surface area contributed by atoms with Gasteiger partial charge in [-0.25, -0.2) is 4.98 Å². The lowest BCUT2D eigenvalue weighted by atomic mass is 10.1. The summed E-state index contributed by atoms with van der Waals surface area (Å²) in [5.74, 6) is 2.15. The Bertz CT molecular complexity index is 399. The molecule has 0 bridgehead atoms. The van der Waals surface area contributed by atoms with E-state index in [9.17, 15) is 0 Å². The van der Waals surface area contributed by atoms with E-state index in [0.717, 1.165) is 18.1 Å². The van der Waals surface area contributed by atoms with Crippen LogP contribution < -0.4 is 4.90 Å². The third-order valence-corrected chi connectivity index (χ3v) is 3.69. The first-order valence-electron chi connectivity index (χ1n) is 6.99. The smallest absolute Gasteiger partial charge is 0.129 e. The van der Waals surface area contributed by atoms with Crippen LogP contribution in [0.25, 0.3) is 0 Å². The second-order valence-electron chi connectivity index (χ2n) is 5.47. The first-order valence-corrected chi connectivity index (χ1v) is 7.52. The van der Waals surface area contributed by atoms with E-state index in [4.69, 9.17) is 16.6 Å². The minimum atomic E-state index is 0.453. The van der Waals surface area contributed by atoms with Crippen molar-refractivity contribution in [2.24, 2.45) is 0 Å². The summed E-state index contributed by atoms with van der Waals surface area (Å²) < 4.78 is 0. The number of hydrogen-bond donors (Lipinski definition) is 0. The molecule has 3 heteroatoms. The van der Waals surface area contributed by atoms with Crippen LogP contribution in [0, 0.1) is 0 Å². The van der Waals surface area contributed by atoms with Gasteiger partial charge in [0.2, 0.25) is 0 Å². The first-order chi connectivity index (χ1) is 8.65. The van der Waals surface area contributed by atoms with Crippen molar-refractivity contribution in [1.29, 1.82) is 0 Å². The highest BCUT2D eigenvalue weighted by atomic mass is 35.5. The molecular weight excluding hydrogens is 244 g/mol. The third-order valence-electron chi connectivity index (χ3n) is 3.38. The fraction of sp³-hybridized carbons (Fsp3) is 0.667. The van der Waals surface area contributed by atoms with Gasteiger partial charge in [-0.15, -0.1) is 11.6 Å². The van der Waals surface area contributed by atoms with Gasteiger partial charge in [0.15, 0.2) is 0 Å². The summed E-state index contributed by atoms with van der Waals surface area (Å²) in [5, 5.41) is 0. The molecule has 1 aromatic heterocycles. The molecule has 0 unspecified atom stereocenters. The average Bonchev–Trinajstić information content (AvgIpc) is 3.19. The quantitative estimate of drug-likeness (QED) is 0.713. The molecule has 1 saturated carbocycles. The van der Waals surface area contributed by atoms with Crippen molar-refractivity contribution in [2.75, 3.05) is 11.4 Å². The van der Waals surface area contributed by atoms with Gasteiger partial charge in [0.25, 0.3) is 0 Å². The van der Waals surface area contributed by atoms with Crippen LogP contribution in [-0.2, 0) is 5.88 Å².